The molecule has 6 nitrogen and oxygen atoms in total. The summed E-state index contributed by atoms with van der Waals surface area (Å²) >= 11 is 0. The normalized spacial score (nSPS) is 15.4. The molecule has 0 aliphatic carbocycles. The van der Waals surface area contributed by atoms with Crippen LogP contribution in [0.5, 0.6) is 0 Å². The molecular formula is C22H24N4O2. The second-order valence-electron chi connectivity index (χ2n) is 7.21. The highest BCUT2D eigenvalue weighted by atomic mass is 16.2. The number of nitrogens with one attached hydrogen (secondary N) is 2. The van der Waals surface area contributed by atoms with Crippen LogP contribution in [0.3, 0.4) is 0 Å². The molecule has 2 N–H and O–H groups in total. The number of aromatic amines is 1. The van der Waals surface area contributed by atoms with Gasteiger partial charge in [-0.3, -0.25) is 14.6 Å². The van der Waals surface area contributed by atoms with Crippen LogP contribution in [0.2, 0.25) is 0 Å². The van der Waals surface area contributed by atoms with Crippen LogP contribution in [-0.2, 0) is 11.2 Å². The summed E-state index contributed by atoms with van der Waals surface area (Å²) in [5, 5.41) is 4.04. The summed E-state index contributed by atoms with van der Waals surface area (Å²) in [5.74, 6) is -0.259. The summed E-state index contributed by atoms with van der Waals surface area (Å²) < 4.78 is 0. The third-order valence-corrected chi connectivity index (χ3v) is 5.31. The molecule has 3 aromatic rings. The number of carbonyl (C=O) groups excluding carboxylic acids is 2. The van der Waals surface area contributed by atoms with Crippen molar-refractivity contribution >= 4 is 22.7 Å². The molecule has 0 unspecified atom stereocenters. The second kappa shape index (κ2) is 8.25. The van der Waals surface area contributed by atoms with Gasteiger partial charge in [-0.05, 0) is 43.0 Å². The molecule has 1 aromatic carbocycles. The number of pyridine rings is 1. The van der Waals surface area contributed by atoms with E-state index < -0.39 is 6.04 Å². The maximum Gasteiger partial charge on any atom is 0.252 e. The molecule has 144 valence electrons. The van der Waals surface area contributed by atoms with Gasteiger partial charge >= 0.3 is 0 Å². The quantitative estimate of drug-likeness (QED) is 0.719. The molecule has 1 fully saturated rings. The Morgan fingerprint density at radius 3 is 2.61 bits per heavy atom. The van der Waals surface area contributed by atoms with E-state index >= 15 is 0 Å². The average Bonchev–Trinajstić information content (AvgIpc) is 3.17. The molecule has 3 heterocycles. The minimum Gasteiger partial charge on any atom is -0.361 e. The largest absolute Gasteiger partial charge is 0.361 e. The predicted octanol–water partition coefficient (Wildman–Crippen LogP) is 2.92. The van der Waals surface area contributed by atoms with Crippen molar-refractivity contribution in [2.75, 3.05) is 13.1 Å². The number of piperidine rings is 1. The number of hydrogen-bond donors (Lipinski definition) is 2. The highest BCUT2D eigenvalue weighted by molar-refractivity contribution is 5.97. The average molecular weight is 376 g/mol. The maximum atomic E-state index is 13.2. The first-order chi connectivity index (χ1) is 13.7. The van der Waals surface area contributed by atoms with E-state index in [9.17, 15) is 9.59 Å². The predicted molar refractivity (Wildman–Crippen MR) is 108 cm³/mol. The molecule has 6 heteroatoms. The zero-order valence-electron chi connectivity index (χ0n) is 15.7. The van der Waals surface area contributed by atoms with E-state index in [1.807, 2.05) is 35.4 Å². The molecule has 0 spiro atoms. The number of carbonyl (C=O) groups is 2. The van der Waals surface area contributed by atoms with E-state index in [2.05, 4.69) is 15.3 Å². The number of likely N-dealkylation sites (tertiary alicyclic amines) is 1. The Morgan fingerprint density at radius 1 is 1.07 bits per heavy atom. The van der Waals surface area contributed by atoms with E-state index in [-0.39, 0.29) is 11.8 Å². The van der Waals surface area contributed by atoms with E-state index in [1.165, 1.54) is 0 Å². The van der Waals surface area contributed by atoms with Crippen LogP contribution in [0.1, 0.15) is 35.2 Å². The number of aromatic nitrogens is 2. The summed E-state index contributed by atoms with van der Waals surface area (Å²) in [4.78, 5) is 35.0. The zero-order valence-corrected chi connectivity index (χ0v) is 15.7. The summed E-state index contributed by atoms with van der Waals surface area (Å²) in [6.07, 6.45) is 8.73. The Labute approximate surface area is 164 Å². The lowest BCUT2D eigenvalue weighted by molar-refractivity contribution is -0.134. The van der Waals surface area contributed by atoms with Gasteiger partial charge in [0.15, 0.2) is 0 Å². The van der Waals surface area contributed by atoms with Crippen LogP contribution < -0.4 is 5.32 Å². The lowest BCUT2D eigenvalue weighted by Crippen LogP contribution is -2.51. The number of benzene rings is 1. The number of nitrogens with zero attached hydrogens (tertiary/aromatic N) is 2. The lowest BCUT2D eigenvalue weighted by atomic mass is 10.0. The fourth-order valence-corrected chi connectivity index (χ4v) is 3.80. The summed E-state index contributed by atoms with van der Waals surface area (Å²) in [7, 11) is 0. The molecule has 1 aliphatic heterocycles. The van der Waals surface area contributed by atoms with E-state index in [0.717, 1.165) is 48.8 Å². The number of hydrogen-bond acceptors (Lipinski definition) is 3. The van der Waals surface area contributed by atoms with Crippen LogP contribution in [0.4, 0.5) is 0 Å². The highest BCUT2D eigenvalue weighted by Gasteiger charge is 2.28. The van der Waals surface area contributed by atoms with Gasteiger partial charge in [0.2, 0.25) is 5.91 Å². The standard InChI is InChI=1S/C22H24N4O2/c27-21(16-8-10-23-11-9-16)25-20(22(28)26-12-4-1-5-13-26)14-17-15-24-19-7-3-2-6-18(17)19/h2-3,6-11,15,20,24H,1,4-5,12-14H2,(H,25,27)/t20-/m0/s1. The number of H-pyrrole nitrogens is 1. The van der Waals surface area contributed by atoms with Crippen molar-refractivity contribution in [1.29, 1.82) is 0 Å². The Kier molecular flexibility index (Phi) is 5.37. The smallest absolute Gasteiger partial charge is 0.252 e. The molecule has 4 rings (SSSR count). The maximum absolute atomic E-state index is 13.2. The van der Waals surface area contributed by atoms with Gasteiger partial charge in [-0.15, -0.1) is 0 Å². The van der Waals surface area contributed by atoms with Gasteiger partial charge in [0.25, 0.3) is 5.91 Å². The minimum atomic E-state index is -0.599. The van der Waals surface area contributed by atoms with Crippen molar-refractivity contribution in [3.8, 4) is 0 Å². The molecule has 2 amide bonds. The molecule has 1 atom stereocenters. The summed E-state index contributed by atoms with van der Waals surface area (Å²) in [5.41, 5.74) is 2.56. The van der Waals surface area contributed by atoms with Crippen molar-refractivity contribution in [2.45, 2.75) is 31.7 Å². The Morgan fingerprint density at radius 2 is 1.82 bits per heavy atom. The SMILES string of the molecule is O=C(N[C@@H](Cc1c[nH]c2ccccc12)C(=O)N1CCCCC1)c1ccncc1. The second-order valence-corrected chi connectivity index (χ2v) is 7.21. The molecule has 28 heavy (non-hydrogen) atoms. The van der Waals surface area contributed by atoms with Crippen LogP contribution in [0, 0.1) is 0 Å². The molecular weight excluding hydrogens is 352 g/mol. The first-order valence-electron chi connectivity index (χ1n) is 9.77. The van der Waals surface area contributed by atoms with Gasteiger partial charge in [0.05, 0.1) is 0 Å². The van der Waals surface area contributed by atoms with E-state index in [0.29, 0.717) is 12.0 Å². The van der Waals surface area contributed by atoms with Gasteiger partial charge in [-0.1, -0.05) is 18.2 Å². The molecule has 0 radical (unpaired) electrons. The van der Waals surface area contributed by atoms with Crippen molar-refractivity contribution in [3.05, 3.63) is 66.1 Å². The van der Waals surface area contributed by atoms with Gasteiger partial charge in [0.1, 0.15) is 6.04 Å². The molecule has 2 aromatic heterocycles. The van der Waals surface area contributed by atoms with Crippen LogP contribution in [-0.4, -0.2) is 45.8 Å². The fraction of sp³-hybridized carbons (Fsp3) is 0.318. The summed E-state index contributed by atoms with van der Waals surface area (Å²) in [6, 6.07) is 10.7. The van der Waals surface area contributed by atoms with Crippen molar-refractivity contribution in [3.63, 3.8) is 0 Å². The zero-order chi connectivity index (χ0) is 19.3. The van der Waals surface area contributed by atoms with Crippen molar-refractivity contribution < 1.29 is 9.59 Å². The van der Waals surface area contributed by atoms with E-state index in [1.54, 1.807) is 24.5 Å². The van der Waals surface area contributed by atoms with Gasteiger partial charge in [0, 0.05) is 54.6 Å². The Hall–Kier alpha value is -3.15. The molecule has 0 saturated carbocycles. The van der Waals surface area contributed by atoms with Crippen LogP contribution in [0.15, 0.2) is 55.0 Å². The van der Waals surface area contributed by atoms with Crippen molar-refractivity contribution in [2.24, 2.45) is 0 Å². The van der Waals surface area contributed by atoms with Gasteiger partial charge < -0.3 is 15.2 Å². The lowest BCUT2D eigenvalue weighted by Gasteiger charge is -2.30. The molecule has 1 aliphatic rings. The minimum absolute atomic E-state index is 0.00705. The first-order valence-corrected chi connectivity index (χ1v) is 9.77. The number of amides is 2. The first kappa shape index (κ1) is 18.2. The van der Waals surface area contributed by atoms with E-state index in [4.69, 9.17) is 0 Å². The molecule has 1 saturated heterocycles. The third-order valence-electron chi connectivity index (χ3n) is 5.31. The van der Waals surface area contributed by atoms with Gasteiger partial charge in [-0.2, -0.15) is 0 Å². The number of rotatable bonds is 5. The number of fused-ring (bicyclic) bond motifs is 1. The highest BCUT2D eigenvalue weighted by Crippen LogP contribution is 2.20. The van der Waals surface area contributed by atoms with Crippen LogP contribution in [0.25, 0.3) is 10.9 Å². The van der Waals surface area contributed by atoms with Crippen molar-refractivity contribution in [1.82, 2.24) is 20.2 Å². The Bertz CT molecular complexity index is 961. The fourth-order valence-electron chi connectivity index (χ4n) is 3.80. The topological polar surface area (TPSA) is 78.1 Å². The number of para-hydroxylation sites is 1. The molecule has 0 bridgehead atoms. The van der Waals surface area contributed by atoms with Crippen LogP contribution >= 0.6 is 0 Å². The summed E-state index contributed by atoms with van der Waals surface area (Å²) in [6.45, 7) is 1.52. The van der Waals surface area contributed by atoms with Gasteiger partial charge in [-0.25, -0.2) is 0 Å². The monoisotopic (exact) mass is 376 g/mol. The third kappa shape index (κ3) is 3.91. The Balaban J connectivity index is 1.58.